The van der Waals surface area contributed by atoms with Crippen LogP contribution in [0.15, 0.2) is 29.2 Å². The smallest absolute Gasteiger partial charge is 0.143 e. The van der Waals surface area contributed by atoms with Gasteiger partial charge in [0.25, 0.3) is 0 Å². The number of alkyl halides is 3. The molecule has 0 amide bonds. The fourth-order valence-corrected chi connectivity index (χ4v) is 3.04. The first-order valence-electron chi connectivity index (χ1n) is 4.68. The van der Waals surface area contributed by atoms with Crippen molar-refractivity contribution in [1.29, 1.82) is 0 Å². The first kappa shape index (κ1) is 13.5. The topological polar surface area (TPSA) is 0 Å². The molecule has 0 radical (unpaired) electrons. The first-order chi connectivity index (χ1) is 6.82. The van der Waals surface area contributed by atoms with Crippen molar-refractivity contribution in [3.8, 4) is 0 Å². The van der Waals surface area contributed by atoms with E-state index < -0.39 is 3.79 Å². The minimum absolute atomic E-state index is 0.116. The standard InChI is InChI=1S/C11H13Cl3S/c1-7(2)10(11(12,13)14)8-4-3-5-9(15)6-8/h3-7,10,15H,1-2H3. The third kappa shape index (κ3) is 3.74. The van der Waals surface area contributed by atoms with Crippen molar-refractivity contribution >= 4 is 47.4 Å². The summed E-state index contributed by atoms with van der Waals surface area (Å²) in [4.78, 5) is 0.882. The molecule has 0 aromatic heterocycles. The van der Waals surface area contributed by atoms with Crippen LogP contribution < -0.4 is 0 Å². The van der Waals surface area contributed by atoms with E-state index in [0.717, 1.165) is 10.5 Å². The normalized spacial score (nSPS) is 14.3. The van der Waals surface area contributed by atoms with E-state index in [9.17, 15) is 0 Å². The van der Waals surface area contributed by atoms with Crippen molar-refractivity contribution in [3.05, 3.63) is 29.8 Å². The molecule has 0 saturated carbocycles. The molecular weight excluding hydrogens is 271 g/mol. The molecule has 1 unspecified atom stereocenters. The molecule has 0 N–H and O–H groups in total. The zero-order chi connectivity index (χ0) is 11.6. The molecule has 0 nitrogen and oxygen atoms in total. The van der Waals surface area contributed by atoms with Gasteiger partial charge in [0, 0.05) is 10.8 Å². The number of benzene rings is 1. The summed E-state index contributed by atoms with van der Waals surface area (Å²) in [7, 11) is 0. The summed E-state index contributed by atoms with van der Waals surface area (Å²) >= 11 is 22.2. The lowest BCUT2D eigenvalue weighted by atomic mass is 9.90. The Bertz CT molecular complexity index is 331. The molecule has 4 heteroatoms. The van der Waals surface area contributed by atoms with Crippen LogP contribution in [0.5, 0.6) is 0 Å². The van der Waals surface area contributed by atoms with Crippen LogP contribution >= 0.6 is 47.4 Å². The highest BCUT2D eigenvalue weighted by Crippen LogP contribution is 2.45. The Kier molecular flexibility index (Phi) is 4.66. The molecule has 0 bridgehead atoms. The monoisotopic (exact) mass is 282 g/mol. The number of hydrogen-bond acceptors (Lipinski definition) is 1. The Morgan fingerprint density at radius 3 is 2.20 bits per heavy atom. The van der Waals surface area contributed by atoms with Gasteiger partial charge in [-0.15, -0.1) is 12.6 Å². The second kappa shape index (κ2) is 5.18. The Labute approximate surface area is 111 Å². The molecule has 1 aromatic carbocycles. The lowest BCUT2D eigenvalue weighted by Gasteiger charge is -2.28. The molecule has 1 rings (SSSR count). The molecule has 1 atom stereocenters. The van der Waals surface area contributed by atoms with Gasteiger partial charge in [-0.05, 0) is 23.6 Å². The number of hydrogen-bond donors (Lipinski definition) is 1. The van der Waals surface area contributed by atoms with Crippen molar-refractivity contribution in [2.24, 2.45) is 5.92 Å². The lowest BCUT2D eigenvalue weighted by Crippen LogP contribution is -2.22. The quantitative estimate of drug-likeness (QED) is 0.567. The first-order valence-corrected chi connectivity index (χ1v) is 6.26. The Hall–Kier alpha value is 0.440. The maximum absolute atomic E-state index is 5.99. The van der Waals surface area contributed by atoms with Crippen molar-refractivity contribution in [2.45, 2.75) is 28.5 Å². The third-order valence-electron chi connectivity index (χ3n) is 2.25. The zero-order valence-corrected chi connectivity index (χ0v) is 11.7. The number of halogens is 3. The van der Waals surface area contributed by atoms with E-state index in [1.54, 1.807) is 0 Å². The van der Waals surface area contributed by atoms with Gasteiger partial charge in [-0.3, -0.25) is 0 Å². The molecule has 0 aliphatic rings. The SMILES string of the molecule is CC(C)C(c1cccc(S)c1)C(Cl)(Cl)Cl. The van der Waals surface area contributed by atoms with E-state index in [-0.39, 0.29) is 11.8 Å². The van der Waals surface area contributed by atoms with Gasteiger partial charge >= 0.3 is 0 Å². The third-order valence-corrected chi connectivity index (χ3v) is 3.23. The minimum Gasteiger partial charge on any atom is -0.143 e. The van der Waals surface area contributed by atoms with Gasteiger partial charge in [-0.1, -0.05) is 60.8 Å². The van der Waals surface area contributed by atoms with Crippen LogP contribution in [0.3, 0.4) is 0 Å². The average Bonchev–Trinajstić information content (AvgIpc) is 1.99. The van der Waals surface area contributed by atoms with E-state index in [1.165, 1.54) is 0 Å². The molecule has 0 heterocycles. The van der Waals surface area contributed by atoms with E-state index in [4.69, 9.17) is 34.8 Å². The van der Waals surface area contributed by atoms with Gasteiger partial charge in [0.05, 0.1) is 0 Å². The van der Waals surface area contributed by atoms with Crippen molar-refractivity contribution in [2.75, 3.05) is 0 Å². The Morgan fingerprint density at radius 1 is 1.20 bits per heavy atom. The maximum atomic E-state index is 5.99. The van der Waals surface area contributed by atoms with Gasteiger partial charge in [0.15, 0.2) is 3.79 Å². The number of thiol groups is 1. The maximum Gasteiger partial charge on any atom is 0.197 e. The van der Waals surface area contributed by atoms with E-state index >= 15 is 0 Å². The van der Waals surface area contributed by atoms with Gasteiger partial charge in [0.1, 0.15) is 0 Å². The van der Waals surface area contributed by atoms with Crippen LogP contribution in [-0.4, -0.2) is 3.79 Å². The molecule has 15 heavy (non-hydrogen) atoms. The van der Waals surface area contributed by atoms with Crippen LogP contribution in [0.2, 0.25) is 0 Å². The van der Waals surface area contributed by atoms with Crippen LogP contribution in [-0.2, 0) is 0 Å². The van der Waals surface area contributed by atoms with Gasteiger partial charge in [0.2, 0.25) is 0 Å². The summed E-state index contributed by atoms with van der Waals surface area (Å²) in [5, 5.41) is 0. The average molecular weight is 284 g/mol. The predicted molar refractivity (Wildman–Crippen MR) is 71.6 cm³/mol. The lowest BCUT2D eigenvalue weighted by molar-refractivity contribution is 0.504. The molecular formula is C11H13Cl3S. The molecule has 0 fully saturated rings. The highest BCUT2D eigenvalue weighted by molar-refractivity contribution is 7.80. The molecule has 0 aliphatic heterocycles. The predicted octanol–water partition coefficient (Wildman–Crippen LogP) is 5.09. The Balaban J connectivity index is 3.11. The van der Waals surface area contributed by atoms with Crippen molar-refractivity contribution in [3.63, 3.8) is 0 Å². The number of rotatable bonds is 2. The van der Waals surface area contributed by atoms with E-state index in [0.29, 0.717) is 0 Å². The van der Waals surface area contributed by atoms with Gasteiger partial charge < -0.3 is 0 Å². The highest BCUT2D eigenvalue weighted by Gasteiger charge is 2.36. The summed E-state index contributed by atoms with van der Waals surface area (Å²) in [5.74, 6) is 0.141. The molecule has 0 aliphatic carbocycles. The van der Waals surface area contributed by atoms with Crippen LogP contribution in [0.4, 0.5) is 0 Å². The molecule has 1 aromatic rings. The minimum atomic E-state index is -1.28. The molecule has 84 valence electrons. The van der Waals surface area contributed by atoms with Crippen LogP contribution in [0, 0.1) is 5.92 Å². The fourth-order valence-electron chi connectivity index (χ4n) is 1.67. The summed E-state index contributed by atoms with van der Waals surface area (Å²) in [5.41, 5.74) is 1.01. The van der Waals surface area contributed by atoms with Crippen LogP contribution in [0.1, 0.15) is 25.3 Å². The molecule has 0 spiro atoms. The summed E-state index contributed by atoms with van der Waals surface area (Å²) in [6.07, 6.45) is 0. The zero-order valence-electron chi connectivity index (χ0n) is 8.55. The van der Waals surface area contributed by atoms with Crippen molar-refractivity contribution < 1.29 is 0 Å². The fraction of sp³-hybridized carbons (Fsp3) is 0.455. The summed E-state index contributed by atoms with van der Waals surface area (Å²) < 4.78 is -1.28. The van der Waals surface area contributed by atoms with Crippen LogP contribution in [0.25, 0.3) is 0 Å². The van der Waals surface area contributed by atoms with E-state index in [2.05, 4.69) is 12.6 Å². The largest absolute Gasteiger partial charge is 0.197 e. The summed E-state index contributed by atoms with van der Waals surface area (Å²) in [6.45, 7) is 4.08. The van der Waals surface area contributed by atoms with E-state index in [1.807, 2.05) is 38.1 Å². The summed E-state index contributed by atoms with van der Waals surface area (Å²) in [6, 6.07) is 7.73. The van der Waals surface area contributed by atoms with Crippen molar-refractivity contribution in [1.82, 2.24) is 0 Å². The molecule has 0 saturated heterocycles. The van der Waals surface area contributed by atoms with Gasteiger partial charge in [-0.2, -0.15) is 0 Å². The second-order valence-electron chi connectivity index (χ2n) is 3.86. The second-order valence-corrected chi connectivity index (χ2v) is 6.74. The van der Waals surface area contributed by atoms with Gasteiger partial charge in [-0.25, -0.2) is 0 Å². The Morgan fingerprint density at radius 2 is 1.80 bits per heavy atom. The highest BCUT2D eigenvalue weighted by atomic mass is 35.6.